The van der Waals surface area contributed by atoms with Crippen LogP contribution >= 0.6 is 0 Å². The van der Waals surface area contributed by atoms with E-state index < -0.39 is 0 Å². The molecule has 0 unspecified atom stereocenters. The summed E-state index contributed by atoms with van der Waals surface area (Å²) in [5, 5.41) is 2.94. The van der Waals surface area contributed by atoms with Gasteiger partial charge in [0.2, 0.25) is 5.91 Å². The lowest BCUT2D eigenvalue weighted by Gasteiger charge is -2.20. The van der Waals surface area contributed by atoms with E-state index in [1.165, 1.54) is 6.42 Å². The normalized spacial score (nSPS) is 11.3. The Bertz CT molecular complexity index is 135. The summed E-state index contributed by atoms with van der Waals surface area (Å²) in [6.45, 7) is 8.15. The molecule has 0 aliphatic carbocycles. The molecule has 2 heteroatoms. The molecule has 0 spiro atoms. The van der Waals surface area contributed by atoms with E-state index in [1.807, 2.05) is 20.8 Å². The monoisotopic (exact) mass is 171 g/mol. The Morgan fingerprint density at radius 2 is 1.83 bits per heavy atom. The highest BCUT2D eigenvalue weighted by atomic mass is 16.1. The smallest absolute Gasteiger partial charge is 0.220 e. The van der Waals surface area contributed by atoms with Crippen molar-refractivity contribution < 1.29 is 4.79 Å². The predicted octanol–water partition coefficient (Wildman–Crippen LogP) is 2.48. The summed E-state index contributed by atoms with van der Waals surface area (Å²) < 4.78 is 0. The molecule has 0 saturated heterocycles. The lowest BCUT2D eigenvalue weighted by atomic mass is 10.1. The molecule has 0 aromatic rings. The van der Waals surface area contributed by atoms with Crippen molar-refractivity contribution in [2.75, 3.05) is 0 Å². The molecule has 0 saturated carbocycles. The van der Waals surface area contributed by atoms with Crippen LogP contribution in [0.2, 0.25) is 0 Å². The molecular weight excluding hydrogens is 150 g/mol. The molecule has 1 N–H and O–H groups in total. The van der Waals surface area contributed by atoms with E-state index in [0.29, 0.717) is 6.42 Å². The largest absolute Gasteiger partial charge is 0.352 e. The molecule has 1 amide bonds. The van der Waals surface area contributed by atoms with Crippen LogP contribution < -0.4 is 5.32 Å². The van der Waals surface area contributed by atoms with Crippen LogP contribution in [0.5, 0.6) is 0 Å². The molecule has 0 radical (unpaired) electrons. The summed E-state index contributed by atoms with van der Waals surface area (Å²) in [5.74, 6) is 0.177. The van der Waals surface area contributed by atoms with Gasteiger partial charge < -0.3 is 5.32 Å². The van der Waals surface area contributed by atoms with Gasteiger partial charge in [0.05, 0.1) is 0 Å². The first-order chi connectivity index (χ1) is 5.45. The first-order valence-electron chi connectivity index (χ1n) is 4.76. The third kappa shape index (κ3) is 7.58. The minimum atomic E-state index is -0.0801. The summed E-state index contributed by atoms with van der Waals surface area (Å²) in [6, 6.07) is 0. The van der Waals surface area contributed by atoms with Crippen LogP contribution in [0.4, 0.5) is 0 Å². The minimum absolute atomic E-state index is 0.0801. The maximum absolute atomic E-state index is 11.2. The van der Waals surface area contributed by atoms with Crippen molar-refractivity contribution in [3.8, 4) is 0 Å². The van der Waals surface area contributed by atoms with Gasteiger partial charge in [-0.3, -0.25) is 4.79 Å². The zero-order valence-electron chi connectivity index (χ0n) is 8.74. The van der Waals surface area contributed by atoms with E-state index in [0.717, 1.165) is 12.8 Å². The average molecular weight is 171 g/mol. The summed E-state index contributed by atoms with van der Waals surface area (Å²) >= 11 is 0. The van der Waals surface area contributed by atoms with Crippen LogP contribution in [0.3, 0.4) is 0 Å². The predicted molar refractivity (Wildman–Crippen MR) is 52.0 cm³/mol. The molecule has 0 bridgehead atoms. The quantitative estimate of drug-likeness (QED) is 0.647. The Labute approximate surface area is 75.7 Å². The topological polar surface area (TPSA) is 29.1 Å². The van der Waals surface area contributed by atoms with Gasteiger partial charge in [-0.1, -0.05) is 19.8 Å². The second-order valence-corrected chi connectivity index (χ2v) is 4.26. The molecule has 0 aliphatic heterocycles. The van der Waals surface area contributed by atoms with Gasteiger partial charge in [0, 0.05) is 12.0 Å². The van der Waals surface area contributed by atoms with Gasteiger partial charge in [-0.2, -0.15) is 0 Å². The van der Waals surface area contributed by atoms with E-state index in [1.54, 1.807) is 0 Å². The van der Waals surface area contributed by atoms with Gasteiger partial charge in [-0.15, -0.1) is 0 Å². The van der Waals surface area contributed by atoms with E-state index in [2.05, 4.69) is 12.2 Å². The van der Waals surface area contributed by atoms with Crippen molar-refractivity contribution in [2.45, 2.75) is 58.9 Å². The van der Waals surface area contributed by atoms with Crippen LogP contribution in [0.1, 0.15) is 53.4 Å². The van der Waals surface area contributed by atoms with Crippen molar-refractivity contribution in [1.29, 1.82) is 0 Å². The number of nitrogens with one attached hydrogen (secondary N) is 1. The van der Waals surface area contributed by atoms with Gasteiger partial charge in [-0.05, 0) is 27.2 Å². The number of hydrogen-bond acceptors (Lipinski definition) is 1. The third-order valence-corrected chi connectivity index (χ3v) is 1.52. The number of hydrogen-bond donors (Lipinski definition) is 1. The fraction of sp³-hybridized carbons (Fsp3) is 0.900. The number of carbonyl (C=O) groups excluding carboxylic acids is 1. The van der Waals surface area contributed by atoms with Crippen molar-refractivity contribution in [2.24, 2.45) is 0 Å². The molecule has 0 heterocycles. The SMILES string of the molecule is CCCCCC(=O)NC(C)(C)C. The second-order valence-electron chi connectivity index (χ2n) is 4.26. The zero-order valence-corrected chi connectivity index (χ0v) is 8.74. The van der Waals surface area contributed by atoms with Crippen LogP contribution in [0.15, 0.2) is 0 Å². The highest BCUT2D eigenvalue weighted by molar-refractivity contribution is 5.76. The van der Waals surface area contributed by atoms with Crippen molar-refractivity contribution in [3.63, 3.8) is 0 Å². The number of amides is 1. The zero-order chi connectivity index (χ0) is 9.61. The Kier molecular flexibility index (Phi) is 4.95. The molecule has 0 aliphatic rings. The van der Waals surface area contributed by atoms with E-state index in [9.17, 15) is 4.79 Å². The molecule has 12 heavy (non-hydrogen) atoms. The Morgan fingerprint density at radius 3 is 2.25 bits per heavy atom. The number of unbranched alkanes of at least 4 members (excludes halogenated alkanes) is 2. The molecule has 0 aromatic heterocycles. The molecular formula is C10H21NO. The molecule has 0 aromatic carbocycles. The summed E-state index contributed by atoms with van der Waals surface area (Å²) in [4.78, 5) is 11.2. The molecule has 72 valence electrons. The fourth-order valence-corrected chi connectivity index (χ4v) is 1.02. The van der Waals surface area contributed by atoms with Gasteiger partial charge in [0.15, 0.2) is 0 Å². The molecule has 0 atom stereocenters. The number of rotatable bonds is 4. The highest BCUT2D eigenvalue weighted by Crippen LogP contribution is 2.02. The first-order valence-corrected chi connectivity index (χ1v) is 4.76. The highest BCUT2D eigenvalue weighted by Gasteiger charge is 2.12. The van der Waals surface area contributed by atoms with Crippen molar-refractivity contribution >= 4 is 5.91 Å². The van der Waals surface area contributed by atoms with E-state index in [-0.39, 0.29) is 11.4 Å². The Morgan fingerprint density at radius 1 is 1.25 bits per heavy atom. The Balaban J connectivity index is 3.47. The van der Waals surface area contributed by atoms with E-state index >= 15 is 0 Å². The fourth-order valence-electron chi connectivity index (χ4n) is 1.02. The van der Waals surface area contributed by atoms with Crippen LogP contribution in [-0.4, -0.2) is 11.4 Å². The van der Waals surface area contributed by atoms with Crippen LogP contribution in [-0.2, 0) is 4.79 Å². The Hall–Kier alpha value is -0.530. The maximum Gasteiger partial charge on any atom is 0.220 e. The lowest BCUT2D eigenvalue weighted by molar-refractivity contribution is -0.122. The molecule has 0 fully saturated rings. The van der Waals surface area contributed by atoms with Gasteiger partial charge >= 0.3 is 0 Å². The average Bonchev–Trinajstić information content (AvgIpc) is 1.84. The third-order valence-electron chi connectivity index (χ3n) is 1.52. The molecule has 0 rings (SSSR count). The van der Waals surface area contributed by atoms with E-state index in [4.69, 9.17) is 0 Å². The maximum atomic E-state index is 11.2. The first kappa shape index (κ1) is 11.5. The summed E-state index contributed by atoms with van der Waals surface area (Å²) in [6.07, 6.45) is 4.00. The van der Waals surface area contributed by atoms with Crippen LogP contribution in [0, 0.1) is 0 Å². The summed E-state index contributed by atoms with van der Waals surface area (Å²) in [5.41, 5.74) is -0.0801. The summed E-state index contributed by atoms with van der Waals surface area (Å²) in [7, 11) is 0. The van der Waals surface area contributed by atoms with Crippen molar-refractivity contribution in [1.82, 2.24) is 5.32 Å². The number of carbonyl (C=O) groups is 1. The standard InChI is InChI=1S/C10H21NO/c1-5-6-7-8-9(12)11-10(2,3)4/h5-8H2,1-4H3,(H,11,12). The second kappa shape index (κ2) is 5.18. The van der Waals surface area contributed by atoms with Crippen molar-refractivity contribution in [3.05, 3.63) is 0 Å². The van der Waals surface area contributed by atoms with Crippen LogP contribution in [0.25, 0.3) is 0 Å². The minimum Gasteiger partial charge on any atom is -0.352 e. The molecule has 2 nitrogen and oxygen atoms in total. The van der Waals surface area contributed by atoms with Gasteiger partial charge in [-0.25, -0.2) is 0 Å². The van der Waals surface area contributed by atoms with Gasteiger partial charge in [0.25, 0.3) is 0 Å². The lowest BCUT2D eigenvalue weighted by Crippen LogP contribution is -2.40. The van der Waals surface area contributed by atoms with Gasteiger partial charge in [0.1, 0.15) is 0 Å².